The Morgan fingerprint density at radius 2 is 2.08 bits per heavy atom. The maximum atomic E-state index is 12.6. The van der Waals surface area contributed by atoms with E-state index in [0.717, 1.165) is 22.2 Å². The standard InChI is InChI=1S/C18H16N6OS/c1-12-5-4-6-13(9-12)17-20-21-18(26)23(17)10-16(25)22-24-11-19-14-7-2-3-8-15(14)24/h2-9,11H,10H2,1H3,(H,21,26)(H,22,25). The topological polar surface area (TPSA) is 80.5 Å². The zero-order chi connectivity index (χ0) is 18.1. The van der Waals surface area contributed by atoms with Gasteiger partial charge in [-0.1, -0.05) is 35.9 Å². The van der Waals surface area contributed by atoms with Gasteiger partial charge in [-0.15, -0.1) is 0 Å². The molecule has 7 nitrogen and oxygen atoms in total. The highest BCUT2D eigenvalue weighted by molar-refractivity contribution is 7.71. The van der Waals surface area contributed by atoms with E-state index in [9.17, 15) is 4.79 Å². The largest absolute Gasteiger partial charge is 0.291 e. The molecule has 130 valence electrons. The Bertz CT molecular complexity index is 1160. The highest BCUT2D eigenvalue weighted by Gasteiger charge is 2.13. The number of rotatable bonds is 4. The van der Waals surface area contributed by atoms with E-state index in [1.54, 1.807) is 15.6 Å². The van der Waals surface area contributed by atoms with Crippen molar-refractivity contribution < 1.29 is 4.79 Å². The Hall–Kier alpha value is -3.26. The Balaban J connectivity index is 1.60. The number of H-pyrrole nitrogens is 1. The molecule has 0 saturated carbocycles. The average Bonchev–Trinajstić information content (AvgIpc) is 3.20. The van der Waals surface area contributed by atoms with Crippen LogP contribution in [-0.2, 0) is 11.3 Å². The lowest BCUT2D eigenvalue weighted by molar-refractivity contribution is -0.117. The summed E-state index contributed by atoms with van der Waals surface area (Å²) >= 11 is 5.29. The number of fused-ring (bicyclic) bond motifs is 1. The number of hydrogen-bond acceptors (Lipinski definition) is 4. The van der Waals surface area contributed by atoms with Gasteiger partial charge in [0, 0.05) is 5.56 Å². The number of nitrogens with one attached hydrogen (secondary N) is 2. The normalized spacial score (nSPS) is 11.0. The molecular formula is C18H16N6OS. The lowest BCUT2D eigenvalue weighted by Gasteiger charge is -2.09. The lowest BCUT2D eigenvalue weighted by atomic mass is 10.1. The molecule has 0 aliphatic rings. The van der Waals surface area contributed by atoms with Crippen molar-refractivity contribution in [3.05, 3.63) is 65.2 Å². The van der Waals surface area contributed by atoms with Crippen molar-refractivity contribution in [1.29, 1.82) is 0 Å². The van der Waals surface area contributed by atoms with Gasteiger partial charge in [0.1, 0.15) is 12.9 Å². The SMILES string of the molecule is Cc1cccc(-c2n[nH]c(=S)n2CC(=O)Nn2cnc3ccccc32)c1. The molecule has 4 rings (SSSR count). The van der Waals surface area contributed by atoms with E-state index in [4.69, 9.17) is 12.2 Å². The molecule has 26 heavy (non-hydrogen) atoms. The van der Waals surface area contributed by atoms with Crippen molar-refractivity contribution >= 4 is 29.2 Å². The summed E-state index contributed by atoms with van der Waals surface area (Å²) in [6.45, 7) is 2.05. The zero-order valence-electron chi connectivity index (χ0n) is 14.0. The zero-order valence-corrected chi connectivity index (χ0v) is 14.8. The van der Waals surface area contributed by atoms with Crippen LogP contribution >= 0.6 is 12.2 Å². The highest BCUT2D eigenvalue weighted by Crippen LogP contribution is 2.18. The van der Waals surface area contributed by atoms with Crippen molar-refractivity contribution in [2.24, 2.45) is 0 Å². The van der Waals surface area contributed by atoms with Gasteiger partial charge in [0.2, 0.25) is 0 Å². The molecule has 0 bridgehead atoms. The van der Waals surface area contributed by atoms with Crippen LogP contribution in [0.3, 0.4) is 0 Å². The highest BCUT2D eigenvalue weighted by atomic mass is 32.1. The van der Waals surface area contributed by atoms with Crippen LogP contribution in [0.15, 0.2) is 54.9 Å². The van der Waals surface area contributed by atoms with Crippen LogP contribution in [0.2, 0.25) is 0 Å². The van der Waals surface area contributed by atoms with Crippen LogP contribution in [0, 0.1) is 11.7 Å². The number of hydrogen-bond donors (Lipinski definition) is 2. The molecule has 2 heterocycles. The van der Waals surface area contributed by atoms with Gasteiger partial charge in [-0.2, -0.15) is 5.10 Å². The smallest absolute Gasteiger partial charge is 0.258 e. The second-order valence-corrected chi connectivity index (χ2v) is 6.33. The Morgan fingerprint density at radius 1 is 1.23 bits per heavy atom. The van der Waals surface area contributed by atoms with E-state index in [1.807, 2.05) is 55.5 Å². The molecule has 0 aliphatic carbocycles. The molecule has 2 N–H and O–H groups in total. The van der Waals surface area contributed by atoms with Crippen LogP contribution in [-0.4, -0.2) is 30.3 Å². The van der Waals surface area contributed by atoms with Gasteiger partial charge in [-0.3, -0.25) is 19.9 Å². The molecule has 1 amide bonds. The summed E-state index contributed by atoms with van der Waals surface area (Å²) in [7, 11) is 0. The number of para-hydroxylation sites is 2. The number of carbonyl (C=O) groups is 1. The third-order valence-corrected chi connectivity index (χ3v) is 4.35. The van der Waals surface area contributed by atoms with Crippen molar-refractivity contribution in [1.82, 2.24) is 24.4 Å². The summed E-state index contributed by atoms with van der Waals surface area (Å²) in [5.41, 5.74) is 6.48. The summed E-state index contributed by atoms with van der Waals surface area (Å²) in [4.78, 5) is 16.8. The fraction of sp³-hybridized carbons (Fsp3) is 0.111. The van der Waals surface area contributed by atoms with Gasteiger partial charge >= 0.3 is 0 Å². The predicted molar refractivity (Wildman–Crippen MR) is 102 cm³/mol. The van der Waals surface area contributed by atoms with E-state index < -0.39 is 0 Å². The number of aromatic amines is 1. The first-order valence-corrected chi connectivity index (χ1v) is 8.47. The molecule has 0 unspecified atom stereocenters. The summed E-state index contributed by atoms with van der Waals surface area (Å²) in [5, 5.41) is 7.04. The Kier molecular flexibility index (Phi) is 4.10. The maximum absolute atomic E-state index is 12.6. The molecular weight excluding hydrogens is 348 g/mol. The van der Waals surface area contributed by atoms with Gasteiger partial charge in [0.25, 0.3) is 5.91 Å². The number of imidazole rings is 1. The number of nitrogens with zero attached hydrogens (tertiary/aromatic N) is 4. The van der Waals surface area contributed by atoms with E-state index in [2.05, 4.69) is 20.6 Å². The predicted octanol–water partition coefficient (Wildman–Crippen LogP) is 3.04. The van der Waals surface area contributed by atoms with Crippen molar-refractivity contribution in [3.8, 4) is 11.4 Å². The molecule has 4 aromatic rings. The van der Waals surface area contributed by atoms with E-state index >= 15 is 0 Å². The fourth-order valence-electron chi connectivity index (χ4n) is 2.83. The maximum Gasteiger partial charge on any atom is 0.258 e. The minimum Gasteiger partial charge on any atom is -0.291 e. The van der Waals surface area contributed by atoms with Crippen molar-refractivity contribution in [2.45, 2.75) is 13.5 Å². The van der Waals surface area contributed by atoms with Gasteiger partial charge in [-0.25, -0.2) is 9.66 Å². The summed E-state index contributed by atoms with van der Waals surface area (Å²) in [5.74, 6) is 0.406. The lowest BCUT2D eigenvalue weighted by Crippen LogP contribution is -2.26. The van der Waals surface area contributed by atoms with Crippen LogP contribution in [0.4, 0.5) is 0 Å². The third kappa shape index (κ3) is 3.02. The van der Waals surface area contributed by atoms with Crippen molar-refractivity contribution in [2.75, 3.05) is 5.43 Å². The second-order valence-electron chi connectivity index (χ2n) is 5.95. The van der Waals surface area contributed by atoms with E-state index in [-0.39, 0.29) is 12.5 Å². The first-order valence-electron chi connectivity index (χ1n) is 8.06. The number of amides is 1. The van der Waals surface area contributed by atoms with Gasteiger partial charge < -0.3 is 0 Å². The summed E-state index contributed by atoms with van der Waals surface area (Å²) < 4.78 is 3.68. The van der Waals surface area contributed by atoms with E-state index in [1.165, 1.54) is 0 Å². The quantitative estimate of drug-likeness (QED) is 0.546. The molecule has 0 aliphatic heterocycles. The van der Waals surface area contributed by atoms with Crippen LogP contribution in [0.1, 0.15) is 5.56 Å². The summed E-state index contributed by atoms with van der Waals surface area (Å²) in [6, 6.07) is 15.5. The molecule has 0 radical (unpaired) electrons. The molecule has 0 spiro atoms. The van der Waals surface area contributed by atoms with Crippen LogP contribution in [0.25, 0.3) is 22.4 Å². The molecule has 0 atom stereocenters. The molecule has 2 aromatic carbocycles. The molecule has 0 fully saturated rings. The third-order valence-electron chi connectivity index (χ3n) is 4.03. The minimum atomic E-state index is -0.223. The second kappa shape index (κ2) is 6.57. The van der Waals surface area contributed by atoms with Crippen molar-refractivity contribution in [3.63, 3.8) is 0 Å². The number of carbonyl (C=O) groups excluding carboxylic acids is 1. The van der Waals surface area contributed by atoms with Gasteiger partial charge in [-0.05, 0) is 37.3 Å². The first-order chi connectivity index (χ1) is 12.6. The van der Waals surface area contributed by atoms with Gasteiger partial charge in [0.15, 0.2) is 10.6 Å². The fourth-order valence-corrected chi connectivity index (χ4v) is 3.03. The average molecular weight is 364 g/mol. The van der Waals surface area contributed by atoms with Gasteiger partial charge in [0.05, 0.1) is 11.0 Å². The minimum absolute atomic E-state index is 0.0467. The molecule has 8 heteroatoms. The number of benzene rings is 2. The first kappa shape index (κ1) is 16.2. The Morgan fingerprint density at radius 3 is 2.92 bits per heavy atom. The molecule has 0 saturated heterocycles. The molecule has 2 aromatic heterocycles. The van der Waals surface area contributed by atoms with Crippen LogP contribution in [0.5, 0.6) is 0 Å². The monoisotopic (exact) mass is 364 g/mol. The summed E-state index contributed by atoms with van der Waals surface area (Å²) in [6.07, 6.45) is 1.58. The number of aryl methyl sites for hydroxylation is 1. The Labute approximate surface area is 154 Å². The van der Waals surface area contributed by atoms with E-state index in [0.29, 0.717) is 10.6 Å². The number of aromatic nitrogens is 5. The van der Waals surface area contributed by atoms with Crippen LogP contribution < -0.4 is 5.43 Å².